The van der Waals surface area contributed by atoms with Crippen LogP contribution in [0.1, 0.15) is 36.2 Å². The molecule has 2 atom stereocenters. The summed E-state index contributed by atoms with van der Waals surface area (Å²) in [5.41, 5.74) is 0.184. The summed E-state index contributed by atoms with van der Waals surface area (Å²) in [6.45, 7) is 0. The van der Waals surface area contributed by atoms with Crippen molar-refractivity contribution in [2.24, 2.45) is 0 Å². The molecule has 1 aromatic heterocycles. The lowest BCUT2D eigenvalue weighted by Crippen LogP contribution is -2.43. The summed E-state index contributed by atoms with van der Waals surface area (Å²) in [7, 11) is 3.20. The molecule has 19 heavy (non-hydrogen) atoms. The minimum atomic E-state index is -0.501. The molecule has 0 aliphatic heterocycles. The van der Waals surface area contributed by atoms with E-state index < -0.39 is 5.97 Å². The Kier molecular flexibility index (Phi) is 4.31. The fraction of sp³-hybridized carbons (Fsp3) is 0.615. The maximum absolute atomic E-state index is 11.3. The summed E-state index contributed by atoms with van der Waals surface area (Å²) < 4.78 is 4.57. The summed E-state index contributed by atoms with van der Waals surface area (Å²) in [6, 6.07) is 3.37. The van der Waals surface area contributed by atoms with Gasteiger partial charge in [0.05, 0.1) is 19.3 Å². The zero-order valence-electron chi connectivity index (χ0n) is 11.2. The number of aliphatic hydroxyl groups excluding tert-OH is 1. The first kappa shape index (κ1) is 13.7. The molecular weight excluding hydrogens is 246 g/mol. The average molecular weight is 265 g/mol. The highest BCUT2D eigenvalue weighted by Crippen LogP contribution is 2.25. The maximum atomic E-state index is 11.3. The molecule has 1 aromatic rings. The molecule has 0 saturated heterocycles. The number of anilines is 1. The Labute approximate surface area is 112 Å². The Bertz CT molecular complexity index is 435. The smallest absolute Gasteiger partial charge is 0.358 e. The zero-order valence-corrected chi connectivity index (χ0v) is 11.2. The van der Waals surface area contributed by atoms with Gasteiger partial charge in [0.1, 0.15) is 0 Å². The van der Waals surface area contributed by atoms with E-state index in [1.165, 1.54) is 7.11 Å². The second kappa shape index (κ2) is 5.97. The highest BCUT2D eigenvalue weighted by Gasteiger charge is 2.27. The van der Waals surface area contributed by atoms with Gasteiger partial charge in [0.2, 0.25) is 0 Å². The predicted octanol–water partition coefficient (Wildman–Crippen LogP) is 1.00. The fourth-order valence-electron chi connectivity index (χ4n) is 2.44. The van der Waals surface area contributed by atoms with Gasteiger partial charge >= 0.3 is 5.97 Å². The molecule has 0 bridgehead atoms. The first-order valence-electron chi connectivity index (χ1n) is 6.46. The van der Waals surface area contributed by atoms with Gasteiger partial charge in [0, 0.05) is 7.05 Å². The van der Waals surface area contributed by atoms with Gasteiger partial charge in [0.15, 0.2) is 11.5 Å². The van der Waals surface area contributed by atoms with Crippen LogP contribution in [0.2, 0.25) is 0 Å². The van der Waals surface area contributed by atoms with Crippen LogP contribution in [0.25, 0.3) is 0 Å². The highest BCUT2D eigenvalue weighted by atomic mass is 16.5. The number of likely N-dealkylation sites (N-methyl/N-ethyl adjacent to an activating group) is 1. The minimum absolute atomic E-state index is 0.0621. The SMILES string of the molecule is COC(=O)c1ccc(N(C)C2CCCCC2O)nn1. The van der Waals surface area contributed by atoms with E-state index in [9.17, 15) is 9.90 Å². The lowest BCUT2D eigenvalue weighted by molar-refractivity contribution is 0.0592. The average Bonchev–Trinajstić information content (AvgIpc) is 2.46. The van der Waals surface area contributed by atoms with Gasteiger partial charge in [-0.05, 0) is 25.0 Å². The van der Waals surface area contributed by atoms with E-state index in [-0.39, 0.29) is 17.8 Å². The van der Waals surface area contributed by atoms with Crippen molar-refractivity contribution in [3.05, 3.63) is 17.8 Å². The largest absolute Gasteiger partial charge is 0.464 e. The van der Waals surface area contributed by atoms with E-state index in [0.717, 1.165) is 25.7 Å². The third-order valence-electron chi connectivity index (χ3n) is 3.60. The quantitative estimate of drug-likeness (QED) is 0.822. The second-order valence-corrected chi connectivity index (χ2v) is 4.80. The second-order valence-electron chi connectivity index (χ2n) is 4.80. The first-order valence-corrected chi connectivity index (χ1v) is 6.46. The van der Waals surface area contributed by atoms with Crippen LogP contribution in [-0.2, 0) is 4.74 Å². The zero-order chi connectivity index (χ0) is 13.8. The molecular formula is C13H19N3O3. The van der Waals surface area contributed by atoms with Gasteiger partial charge in [-0.1, -0.05) is 12.8 Å². The Morgan fingerprint density at radius 3 is 2.68 bits per heavy atom. The monoisotopic (exact) mass is 265 g/mol. The van der Waals surface area contributed by atoms with Gasteiger partial charge in [-0.2, -0.15) is 0 Å². The predicted molar refractivity (Wildman–Crippen MR) is 70.0 cm³/mol. The maximum Gasteiger partial charge on any atom is 0.358 e. The number of esters is 1. The van der Waals surface area contributed by atoms with Crippen LogP contribution in [-0.4, -0.2) is 47.6 Å². The van der Waals surface area contributed by atoms with Crippen LogP contribution in [0, 0.1) is 0 Å². The number of methoxy groups -OCH3 is 1. The molecule has 1 fully saturated rings. The Hall–Kier alpha value is -1.69. The van der Waals surface area contributed by atoms with Crippen molar-refractivity contribution in [1.82, 2.24) is 10.2 Å². The summed E-state index contributed by atoms with van der Waals surface area (Å²) >= 11 is 0. The number of hydrogen-bond donors (Lipinski definition) is 1. The third-order valence-corrected chi connectivity index (χ3v) is 3.60. The Balaban J connectivity index is 2.10. The van der Waals surface area contributed by atoms with Gasteiger partial charge in [-0.3, -0.25) is 0 Å². The Morgan fingerprint density at radius 1 is 1.37 bits per heavy atom. The lowest BCUT2D eigenvalue weighted by Gasteiger charge is -2.35. The van der Waals surface area contributed by atoms with Crippen molar-refractivity contribution < 1.29 is 14.6 Å². The minimum Gasteiger partial charge on any atom is -0.464 e. The van der Waals surface area contributed by atoms with E-state index in [1.807, 2.05) is 11.9 Å². The molecule has 2 rings (SSSR count). The summed E-state index contributed by atoms with van der Waals surface area (Å²) in [5, 5.41) is 17.9. The standard InChI is InChI=1S/C13H19N3O3/c1-16(10-5-3-4-6-11(10)17)12-8-7-9(14-15-12)13(18)19-2/h7-8,10-11,17H,3-6H2,1-2H3. The van der Waals surface area contributed by atoms with Crippen LogP contribution < -0.4 is 4.90 Å². The van der Waals surface area contributed by atoms with Crippen LogP contribution >= 0.6 is 0 Å². The fourth-order valence-corrected chi connectivity index (χ4v) is 2.44. The van der Waals surface area contributed by atoms with E-state index in [4.69, 9.17) is 0 Å². The topological polar surface area (TPSA) is 75.5 Å². The summed E-state index contributed by atoms with van der Waals surface area (Å²) in [6.07, 6.45) is 3.61. The van der Waals surface area contributed by atoms with E-state index in [0.29, 0.717) is 5.82 Å². The number of ether oxygens (including phenoxy) is 1. The van der Waals surface area contributed by atoms with Crippen molar-refractivity contribution in [1.29, 1.82) is 0 Å². The molecule has 1 saturated carbocycles. The molecule has 0 radical (unpaired) electrons. The van der Waals surface area contributed by atoms with Gasteiger partial charge in [0.25, 0.3) is 0 Å². The normalized spacial score (nSPS) is 22.9. The van der Waals surface area contributed by atoms with Crippen LogP contribution in [0.5, 0.6) is 0 Å². The van der Waals surface area contributed by atoms with Gasteiger partial charge in [-0.25, -0.2) is 4.79 Å². The molecule has 104 valence electrons. The van der Waals surface area contributed by atoms with Crippen molar-refractivity contribution in [3.8, 4) is 0 Å². The molecule has 6 heteroatoms. The highest BCUT2D eigenvalue weighted by molar-refractivity contribution is 5.86. The number of carbonyl (C=O) groups excluding carboxylic acids is 1. The number of aliphatic hydroxyl groups is 1. The van der Waals surface area contributed by atoms with Crippen LogP contribution in [0.3, 0.4) is 0 Å². The van der Waals surface area contributed by atoms with Crippen LogP contribution in [0.15, 0.2) is 12.1 Å². The number of hydrogen-bond acceptors (Lipinski definition) is 6. The molecule has 0 spiro atoms. The third kappa shape index (κ3) is 3.01. The molecule has 2 unspecified atom stereocenters. The van der Waals surface area contributed by atoms with Crippen molar-refractivity contribution in [3.63, 3.8) is 0 Å². The van der Waals surface area contributed by atoms with Gasteiger partial charge < -0.3 is 14.7 Å². The molecule has 6 nitrogen and oxygen atoms in total. The number of rotatable bonds is 3. The van der Waals surface area contributed by atoms with Crippen molar-refractivity contribution >= 4 is 11.8 Å². The lowest BCUT2D eigenvalue weighted by atomic mass is 9.91. The van der Waals surface area contributed by atoms with Gasteiger partial charge in [-0.15, -0.1) is 10.2 Å². The van der Waals surface area contributed by atoms with Crippen molar-refractivity contribution in [2.45, 2.75) is 37.8 Å². The van der Waals surface area contributed by atoms with Crippen LogP contribution in [0.4, 0.5) is 5.82 Å². The van der Waals surface area contributed by atoms with Crippen molar-refractivity contribution in [2.75, 3.05) is 19.1 Å². The molecule has 1 heterocycles. The number of nitrogens with zero attached hydrogens (tertiary/aromatic N) is 3. The first-order chi connectivity index (χ1) is 9.13. The molecule has 1 aliphatic carbocycles. The Morgan fingerprint density at radius 2 is 2.11 bits per heavy atom. The van der Waals surface area contributed by atoms with E-state index >= 15 is 0 Å². The molecule has 0 aromatic carbocycles. The molecule has 1 N–H and O–H groups in total. The van der Waals surface area contributed by atoms with E-state index in [2.05, 4.69) is 14.9 Å². The summed E-state index contributed by atoms with van der Waals surface area (Å²) in [5.74, 6) is 0.151. The number of aromatic nitrogens is 2. The summed E-state index contributed by atoms with van der Waals surface area (Å²) in [4.78, 5) is 13.2. The molecule has 0 amide bonds. The number of carbonyl (C=O) groups is 1. The molecule has 1 aliphatic rings. The van der Waals surface area contributed by atoms with E-state index in [1.54, 1.807) is 12.1 Å².